The Hall–Kier alpha value is -2.90. The molecule has 8 nitrogen and oxygen atoms in total. The van der Waals surface area contributed by atoms with Crippen LogP contribution in [0.25, 0.3) is 10.9 Å². The largest absolute Gasteiger partial charge is 0.494 e. The van der Waals surface area contributed by atoms with Gasteiger partial charge in [0.2, 0.25) is 17.8 Å². The van der Waals surface area contributed by atoms with E-state index in [9.17, 15) is 14.4 Å². The van der Waals surface area contributed by atoms with Gasteiger partial charge in [0.25, 0.3) is 5.56 Å². The molecule has 0 radical (unpaired) electrons. The summed E-state index contributed by atoms with van der Waals surface area (Å²) in [5.41, 5.74) is 0.240. The van der Waals surface area contributed by atoms with Crippen molar-refractivity contribution >= 4 is 28.7 Å². The van der Waals surface area contributed by atoms with Gasteiger partial charge in [-0.15, -0.1) is 0 Å². The summed E-state index contributed by atoms with van der Waals surface area (Å²) in [4.78, 5) is 42.3. The maximum atomic E-state index is 12.6. The van der Waals surface area contributed by atoms with Gasteiger partial charge in [-0.2, -0.15) is 0 Å². The number of carbonyl (C=O) groups excluding carboxylic acids is 2. The molecule has 0 spiro atoms. The van der Waals surface area contributed by atoms with E-state index in [2.05, 4.69) is 17.2 Å². The summed E-state index contributed by atoms with van der Waals surface area (Å²) in [5.74, 6) is 0.702. The number of benzene rings is 1. The number of fused-ring (bicyclic) bond motifs is 2. The molecule has 0 atom stereocenters. The van der Waals surface area contributed by atoms with Crippen LogP contribution < -0.4 is 15.6 Å². The van der Waals surface area contributed by atoms with Gasteiger partial charge in [0.15, 0.2) is 0 Å². The molecule has 8 heteroatoms. The molecule has 0 unspecified atom stereocenters. The third-order valence-electron chi connectivity index (χ3n) is 5.06. The first kappa shape index (κ1) is 20.8. The third kappa shape index (κ3) is 5.13. The minimum atomic E-state index is -0.270. The number of aromatic nitrogens is 2. The van der Waals surface area contributed by atoms with Crippen molar-refractivity contribution in [1.82, 2.24) is 14.5 Å². The molecule has 1 aromatic carbocycles. The summed E-state index contributed by atoms with van der Waals surface area (Å²) in [6, 6.07) is 5.08. The summed E-state index contributed by atoms with van der Waals surface area (Å²) < 4.78 is 7.05. The predicted molar refractivity (Wildman–Crippen MR) is 111 cm³/mol. The quantitative estimate of drug-likeness (QED) is 0.619. The maximum Gasteiger partial charge on any atom is 0.263 e. The van der Waals surface area contributed by atoms with Gasteiger partial charge in [-0.1, -0.05) is 26.2 Å². The maximum absolute atomic E-state index is 12.6. The SMILES string of the molecule is CCCCCCN(C)C(=O)CCCOc1ccc2nc3n(c(=O)c2c1)CC(=O)N3. The first-order valence-corrected chi connectivity index (χ1v) is 10.2. The second kappa shape index (κ2) is 9.54. The van der Waals surface area contributed by atoms with E-state index in [1.165, 1.54) is 17.4 Å². The Morgan fingerprint density at radius 1 is 1.24 bits per heavy atom. The lowest BCUT2D eigenvalue weighted by molar-refractivity contribution is -0.130. The average Bonchev–Trinajstić information content (AvgIpc) is 3.09. The van der Waals surface area contributed by atoms with E-state index < -0.39 is 0 Å². The van der Waals surface area contributed by atoms with Crippen LogP contribution in [0.15, 0.2) is 23.0 Å². The number of nitrogens with one attached hydrogen (secondary N) is 1. The molecule has 0 saturated carbocycles. The minimum absolute atomic E-state index is 0.0176. The third-order valence-corrected chi connectivity index (χ3v) is 5.06. The molecule has 2 heterocycles. The summed E-state index contributed by atoms with van der Waals surface area (Å²) in [5, 5.41) is 2.98. The normalized spacial score (nSPS) is 12.7. The number of amides is 2. The van der Waals surface area contributed by atoms with E-state index in [0.717, 1.165) is 19.4 Å². The first-order chi connectivity index (χ1) is 14.0. The van der Waals surface area contributed by atoms with Crippen molar-refractivity contribution in [3.8, 4) is 5.75 Å². The molecule has 1 aromatic heterocycles. The molecule has 1 N–H and O–H groups in total. The lowest BCUT2D eigenvalue weighted by atomic mass is 10.2. The van der Waals surface area contributed by atoms with E-state index >= 15 is 0 Å². The van der Waals surface area contributed by atoms with E-state index in [4.69, 9.17) is 4.74 Å². The molecule has 2 aromatic rings. The average molecular weight is 400 g/mol. The van der Waals surface area contributed by atoms with Crippen molar-refractivity contribution in [1.29, 1.82) is 0 Å². The number of hydrogen-bond donors (Lipinski definition) is 1. The fraction of sp³-hybridized carbons (Fsp3) is 0.524. The van der Waals surface area contributed by atoms with Crippen LogP contribution in [0.4, 0.5) is 5.95 Å². The molecule has 156 valence electrons. The summed E-state index contributed by atoms with van der Waals surface area (Å²) in [6.45, 7) is 3.34. The van der Waals surface area contributed by atoms with Crippen molar-refractivity contribution in [2.24, 2.45) is 0 Å². The van der Waals surface area contributed by atoms with Crippen molar-refractivity contribution in [2.45, 2.75) is 52.0 Å². The molecule has 29 heavy (non-hydrogen) atoms. The van der Waals surface area contributed by atoms with Crippen LogP contribution in [0.3, 0.4) is 0 Å². The fourth-order valence-electron chi connectivity index (χ4n) is 3.34. The Kier molecular flexibility index (Phi) is 6.85. The minimum Gasteiger partial charge on any atom is -0.494 e. The molecule has 2 amide bonds. The van der Waals surface area contributed by atoms with Crippen molar-refractivity contribution < 1.29 is 14.3 Å². The zero-order chi connectivity index (χ0) is 20.8. The van der Waals surface area contributed by atoms with Crippen molar-refractivity contribution in [3.63, 3.8) is 0 Å². The number of nitrogens with zero attached hydrogens (tertiary/aromatic N) is 3. The number of rotatable bonds is 10. The predicted octanol–water partition coefficient (Wildman–Crippen LogP) is 2.55. The number of ether oxygens (including phenoxy) is 1. The van der Waals surface area contributed by atoms with Gasteiger partial charge >= 0.3 is 0 Å². The summed E-state index contributed by atoms with van der Waals surface area (Å²) in [6.07, 6.45) is 5.62. The first-order valence-electron chi connectivity index (χ1n) is 10.2. The van der Waals surface area contributed by atoms with Gasteiger partial charge in [0.1, 0.15) is 12.3 Å². The van der Waals surface area contributed by atoms with E-state index in [1.807, 2.05) is 7.05 Å². The second-order valence-electron chi connectivity index (χ2n) is 7.38. The van der Waals surface area contributed by atoms with Gasteiger partial charge in [0.05, 0.1) is 17.5 Å². The molecular weight excluding hydrogens is 372 g/mol. The molecular formula is C21H28N4O4. The summed E-state index contributed by atoms with van der Waals surface area (Å²) >= 11 is 0. The second-order valence-corrected chi connectivity index (χ2v) is 7.38. The molecule has 0 fully saturated rings. The highest BCUT2D eigenvalue weighted by Crippen LogP contribution is 2.20. The molecule has 0 aliphatic carbocycles. The lowest BCUT2D eigenvalue weighted by Gasteiger charge is -2.17. The highest BCUT2D eigenvalue weighted by molar-refractivity contribution is 5.94. The van der Waals surface area contributed by atoms with Gasteiger partial charge in [0, 0.05) is 20.0 Å². The van der Waals surface area contributed by atoms with Gasteiger partial charge in [-0.05, 0) is 31.0 Å². The van der Waals surface area contributed by atoms with Gasteiger partial charge < -0.3 is 9.64 Å². The number of anilines is 1. The Labute approximate surface area is 169 Å². The Bertz CT molecular complexity index is 954. The van der Waals surface area contributed by atoms with Crippen LogP contribution >= 0.6 is 0 Å². The van der Waals surface area contributed by atoms with Gasteiger partial charge in [-0.25, -0.2) is 4.98 Å². The van der Waals surface area contributed by atoms with E-state index in [-0.39, 0.29) is 29.9 Å². The monoisotopic (exact) mass is 400 g/mol. The number of hydrogen-bond acceptors (Lipinski definition) is 5. The lowest BCUT2D eigenvalue weighted by Crippen LogP contribution is -2.27. The van der Waals surface area contributed by atoms with Crippen LogP contribution in [0, 0.1) is 0 Å². The number of carbonyl (C=O) groups is 2. The van der Waals surface area contributed by atoms with Crippen LogP contribution in [0.5, 0.6) is 5.75 Å². The molecule has 1 aliphatic rings. The van der Waals surface area contributed by atoms with Gasteiger partial charge in [-0.3, -0.25) is 24.3 Å². The molecule has 0 bridgehead atoms. The van der Waals surface area contributed by atoms with Crippen LogP contribution in [-0.4, -0.2) is 46.5 Å². The summed E-state index contributed by atoms with van der Waals surface area (Å²) in [7, 11) is 1.84. The van der Waals surface area contributed by atoms with Crippen LogP contribution in [0.1, 0.15) is 45.4 Å². The standard InChI is InChI=1S/C21H28N4O4/c1-3-4-5-6-11-24(2)19(27)8-7-12-29-15-9-10-17-16(13-15)20(28)25-14-18(26)23-21(25)22-17/h9-10,13H,3-8,11-12,14H2,1-2H3,(H,22,23,26). The molecule has 3 rings (SSSR count). The topological polar surface area (TPSA) is 93.5 Å². The zero-order valence-corrected chi connectivity index (χ0v) is 17.1. The Morgan fingerprint density at radius 2 is 2.07 bits per heavy atom. The number of unbranched alkanes of at least 4 members (excludes halogenated alkanes) is 3. The Balaban J connectivity index is 1.51. The highest BCUT2D eigenvalue weighted by atomic mass is 16.5. The highest BCUT2D eigenvalue weighted by Gasteiger charge is 2.21. The van der Waals surface area contributed by atoms with Crippen molar-refractivity contribution in [2.75, 3.05) is 25.5 Å². The smallest absolute Gasteiger partial charge is 0.263 e. The van der Waals surface area contributed by atoms with Crippen LogP contribution in [-0.2, 0) is 16.1 Å². The van der Waals surface area contributed by atoms with E-state index in [1.54, 1.807) is 23.1 Å². The molecule has 0 saturated heterocycles. The fourth-order valence-corrected chi connectivity index (χ4v) is 3.34. The Morgan fingerprint density at radius 3 is 2.86 bits per heavy atom. The zero-order valence-electron chi connectivity index (χ0n) is 17.1. The van der Waals surface area contributed by atoms with Crippen LogP contribution in [0.2, 0.25) is 0 Å². The van der Waals surface area contributed by atoms with Crippen molar-refractivity contribution in [3.05, 3.63) is 28.6 Å². The van der Waals surface area contributed by atoms with E-state index in [0.29, 0.717) is 36.1 Å². The molecule has 1 aliphatic heterocycles.